The summed E-state index contributed by atoms with van der Waals surface area (Å²) < 4.78 is 0. The van der Waals surface area contributed by atoms with E-state index in [2.05, 4.69) is 13.8 Å². The smallest absolute Gasteiger partial charge is 0.228 e. The number of nitrogen functional groups attached to an aromatic ring is 1. The van der Waals surface area contributed by atoms with E-state index < -0.39 is 0 Å². The maximum absolute atomic E-state index is 13.0. The van der Waals surface area contributed by atoms with Crippen LogP contribution in [0.25, 0.3) is 0 Å². The highest BCUT2D eigenvalue weighted by Crippen LogP contribution is 2.44. The molecule has 0 heterocycles. The summed E-state index contributed by atoms with van der Waals surface area (Å²) in [6.45, 7) is 5.07. The van der Waals surface area contributed by atoms with Gasteiger partial charge in [-0.1, -0.05) is 38.8 Å². The van der Waals surface area contributed by atoms with E-state index in [9.17, 15) is 4.79 Å². The van der Waals surface area contributed by atoms with Crippen LogP contribution in [0.5, 0.6) is 0 Å². The summed E-state index contributed by atoms with van der Waals surface area (Å²) >= 11 is 0. The molecule has 1 saturated carbocycles. The van der Waals surface area contributed by atoms with Gasteiger partial charge >= 0.3 is 0 Å². The summed E-state index contributed by atoms with van der Waals surface area (Å²) in [6.07, 6.45) is 5.47. The van der Waals surface area contributed by atoms with Gasteiger partial charge in [-0.15, -0.1) is 0 Å². The van der Waals surface area contributed by atoms with Crippen LogP contribution < -0.4 is 5.73 Å². The first-order chi connectivity index (χ1) is 9.93. The molecule has 1 fully saturated rings. The van der Waals surface area contributed by atoms with E-state index in [1.165, 1.54) is 12.8 Å². The molecule has 1 aromatic carbocycles. The number of hydrogen-bond acceptors (Lipinski definition) is 2. The molecule has 1 aliphatic carbocycles. The highest BCUT2D eigenvalue weighted by Gasteiger charge is 2.42. The highest BCUT2D eigenvalue weighted by atomic mass is 16.2. The number of rotatable bonds is 5. The van der Waals surface area contributed by atoms with Gasteiger partial charge in [-0.3, -0.25) is 4.79 Å². The summed E-state index contributed by atoms with van der Waals surface area (Å²) in [7, 11) is 1.92. The highest BCUT2D eigenvalue weighted by molar-refractivity contribution is 5.82. The molecule has 1 aliphatic rings. The van der Waals surface area contributed by atoms with Gasteiger partial charge in [0.25, 0.3) is 0 Å². The van der Waals surface area contributed by atoms with Crippen LogP contribution in [0.3, 0.4) is 0 Å². The molecule has 0 atom stereocenters. The van der Waals surface area contributed by atoms with Crippen LogP contribution in [0.1, 0.15) is 51.5 Å². The Balaban J connectivity index is 2.09. The average molecular weight is 288 g/mol. The maximum atomic E-state index is 13.0. The second-order valence-corrected chi connectivity index (χ2v) is 6.99. The molecule has 1 amide bonds. The van der Waals surface area contributed by atoms with Crippen LogP contribution in [-0.4, -0.2) is 17.9 Å². The van der Waals surface area contributed by atoms with Crippen molar-refractivity contribution >= 4 is 11.6 Å². The minimum Gasteiger partial charge on any atom is -0.399 e. The molecule has 116 valence electrons. The van der Waals surface area contributed by atoms with Gasteiger partial charge in [0.15, 0.2) is 0 Å². The second-order valence-electron chi connectivity index (χ2n) is 6.99. The van der Waals surface area contributed by atoms with Crippen molar-refractivity contribution in [3.63, 3.8) is 0 Å². The molecule has 0 unspecified atom stereocenters. The van der Waals surface area contributed by atoms with E-state index in [1.807, 2.05) is 36.2 Å². The SMILES string of the molecule is CC(C)CC1(C(=O)N(C)Cc2cccc(N)c2)CCCC1. The first kappa shape index (κ1) is 15.9. The quantitative estimate of drug-likeness (QED) is 0.837. The van der Waals surface area contributed by atoms with Crippen LogP contribution in [-0.2, 0) is 11.3 Å². The van der Waals surface area contributed by atoms with Crippen molar-refractivity contribution in [1.29, 1.82) is 0 Å². The van der Waals surface area contributed by atoms with Crippen molar-refractivity contribution in [2.45, 2.75) is 52.5 Å². The van der Waals surface area contributed by atoms with E-state index in [4.69, 9.17) is 5.73 Å². The first-order valence-corrected chi connectivity index (χ1v) is 8.03. The molecule has 3 heteroatoms. The standard InChI is InChI=1S/C18H28N2O/c1-14(2)12-18(9-4-5-10-18)17(21)20(3)13-15-7-6-8-16(19)11-15/h6-8,11,14H,4-5,9-10,12-13,19H2,1-3H3. The van der Waals surface area contributed by atoms with Crippen molar-refractivity contribution in [2.75, 3.05) is 12.8 Å². The van der Waals surface area contributed by atoms with Gasteiger partial charge in [0.1, 0.15) is 0 Å². The lowest BCUT2D eigenvalue weighted by molar-refractivity contribution is -0.142. The summed E-state index contributed by atoms with van der Waals surface area (Å²) in [4.78, 5) is 14.9. The Hall–Kier alpha value is -1.51. The second kappa shape index (κ2) is 6.50. The monoisotopic (exact) mass is 288 g/mol. The van der Waals surface area contributed by atoms with Crippen molar-refractivity contribution < 1.29 is 4.79 Å². The summed E-state index contributed by atoms with van der Waals surface area (Å²) in [5.74, 6) is 0.879. The van der Waals surface area contributed by atoms with E-state index >= 15 is 0 Å². The maximum Gasteiger partial charge on any atom is 0.228 e. The Kier molecular flexibility index (Phi) is 4.92. The third-order valence-corrected chi connectivity index (χ3v) is 4.53. The molecule has 21 heavy (non-hydrogen) atoms. The van der Waals surface area contributed by atoms with Gasteiger partial charge in [0, 0.05) is 24.7 Å². The number of anilines is 1. The average Bonchev–Trinajstić information content (AvgIpc) is 2.86. The molecular weight excluding hydrogens is 260 g/mol. The fourth-order valence-electron chi connectivity index (χ4n) is 3.78. The van der Waals surface area contributed by atoms with Gasteiger partial charge < -0.3 is 10.6 Å². The molecule has 3 nitrogen and oxygen atoms in total. The molecular formula is C18H28N2O. The Morgan fingerprint density at radius 1 is 1.33 bits per heavy atom. The fourth-order valence-corrected chi connectivity index (χ4v) is 3.78. The molecule has 0 spiro atoms. The first-order valence-electron chi connectivity index (χ1n) is 8.03. The Bertz CT molecular complexity index is 490. The van der Waals surface area contributed by atoms with Gasteiger partial charge in [0.05, 0.1) is 0 Å². The van der Waals surface area contributed by atoms with Crippen LogP contribution in [0.4, 0.5) is 5.69 Å². The molecule has 0 bridgehead atoms. The minimum atomic E-state index is -0.122. The summed E-state index contributed by atoms with van der Waals surface area (Å²) in [6, 6.07) is 7.81. The van der Waals surface area contributed by atoms with Gasteiger partial charge in [0.2, 0.25) is 5.91 Å². The number of carbonyl (C=O) groups is 1. The van der Waals surface area contributed by atoms with Crippen molar-refractivity contribution in [3.8, 4) is 0 Å². The number of nitrogens with two attached hydrogens (primary N) is 1. The Labute approximate surface area is 128 Å². The van der Waals surface area contributed by atoms with Crippen molar-refractivity contribution in [3.05, 3.63) is 29.8 Å². The fraction of sp³-hybridized carbons (Fsp3) is 0.611. The third-order valence-electron chi connectivity index (χ3n) is 4.53. The number of benzene rings is 1. The summed E-state index contributed by atoms with van der Waals surface area (Å²) in [5, 5.41) is 0. The largest absolute Gasteiger partial charge is 0.399 e. The number of amides is 1. The third kappa shape index (κ3) is 3.78. The Morgan fingerprint density at radius 2 is 2.00 bits per heavy atom. The van der Waals surface area contributed by atoms with Crippen molar-refractivity contribution in [1.82, 2.24) is 4.90 Å². The molecule has 0 aliphatic heterocycles. The normalized spacial score (nSPS) is 17.1. The lowest BCUT2D eigenvalue weighted by Gasteiger charge is -2.34. The van der Waals surface area contributed by atoms with E-state index in [0.717, 1.165) is 30.5 Å². The minimum absolute atomic E-state index is 0.122. The molecule has 2 rings (SSSR count). The molecule has 2 N–H and O–H groups in total. The van der Waals surface area contributed by atoms with Crippen LogP contribution >= 0.6 is 0 Å². The van der Waals surface area contributed by atoms with Gasteiger partial charge in [-0.25, -0.2) is 0 Å². The lowest BCUT2D eigenvalue weighted by atomic mass is 9.77. The van der Waals surface area contributed by atoms with Crippen molar-refractivity contribution in [2.24, 2.45) is 11.3 Å². The predicted octanol–water partition coefficient (Wildman–Crippen LogP) is 3.83. The number of hydrogen-bond donors (Lipinski definition) is 1. The number of carbonyl (C=O) groups excluding carboxylic acids is 1. The van der Waals surface area contributed by atoms with E-state index in [-0.39, 0.29) is 5.41 Å². The zero-order chi connectivity index (χ0) is 15.5. The molecule has 0 aromatic heterocycles. The van der Waals surface area contributed by atoms with Gasteiger partial charge in [-0.05, 0) is 42.9 Å². The van der Waals surface area contributed by atoms with E-state index in [1.54, 1.807) is 0 Å². The molecule has 1 aromatic rings. The molecule has 0 saturated heterocycles. The zero-order valence-corrected chi connectivity index (χ0v) is 13.6. The Morgan fingerprint density at radius 3 is 2.57 bits per heavy atom. The zero-order valence-electron chi connectivity index (χ0n) is 13.6. The molecule has 0 radical (unpaired) electrons. The van der Waals surface area contributed by atoms with Gasteiger partial charge in [-0.2, -0.15) is 0 Å². The summed E-state index contributed by atoms with van der Waals surface area (Å²) in [5.41, 5.74) is 7.56. The lowest BCUT2D eigenvalue weighted by Crippen LogP contribution is -2.41. The predicted molar refractivity (Wildman–Crippen MR) is 87.7 cm³/mol. The van der Waals surface area contributed by atoms with Crippen LogP contribution in [0.15, 0.2) is 24.3 Å². The van der Waals surface area contributed by atoms with Crippen LogP contribution in [0.2, 0.25) is 0 Å². The van der Waals surface area contributed by atoms with E-state index in [0.29, 0.717) is 18.4 Å². The number of nitrogens with zero attached hydrogens (tertiary/aromatic N) is 1. The van der Waals surface area contributed by atoms with Crippen LogP contribution in [0, 0.1) is 11.3 Å². The topological polar surface area (TPSA) is 46.3 Å².